The summed E-state index contributed by atoms with van der Waals surface area (Å²) in [7, 11) is -3.44. The number of amides is 1. The molecule has 22 heavy (non-hydrogen) atoms. The third-order valence-electron chi connectivity index (χ3n) is 3.09. The number of carboxylic acid groups (broad SMARTS) is 1. The summed E-state index contributed by atoms with van der Waals surface area (Å²) < 4.78 is 26.1. The zero-order valence-electron chi connectivity index (χ0n) is 12.7. The standard InChI is InChI=1S/C14H20N2O5S/c1-4-8-22(20,21)16-12-7-5-6-11(9(12)2)15-13(17)10(3)14(18)19/h5-7,10,16H,4,8H2,1-3H3,(H,15,17)(H,18,19). The first-order valence-electron chi connectivity index (χ1n) is 6.81. The molecule has 0 heterocycles. The Hall–Kier alpha value is -2.09. The van der Waals surface area contributed by atoms with Gasteiger partial charge >= 0.3 is 5.97 Å². The van der Waals surface area contributed by atoms with Crippen molar-refractivity contribution in [1.82, 2.24) is 0 Å². The van der Waals surface area contributed by atoms with E-state index in [-0.39, 0.29) is 5.75 Å². The van der Waals surface area contributed by atoms with Crippen molar-refractivity contribution in [2.24, 2.45) is 5.92 Å². The summed E-state index contributed by atoms with van der Waals surface area (Å²) in [6, 6.07) is 4.75. The fourth-order valence-corrected chi connectivity index (χ4v) is 2.92. The number of nitrogens with one attached hydrogen (secondary N) is 2. The van der Waals surface area contributed by atoms with Crippen LogP contribution in [0.1, 0.15) is 25.8 Å². The highest BCUT2D eigenvalue weighted by molar-refractivity contribution is 7.92. The Kier molecular flexibility index (Phi) is 5.92. The first-order valence-corrected chi connectivity index (χ1v) is 8.47. The van der Waals surface area contributed by atoms with Crippen molar-refractivity contribution in [3.8, 4) is 0 Å². The van der Waals surface area contributed by atoms with Gasteiger partial charge in [-0.05, 0) is 38.0 Å². The Morgan fingerprint density at radius 3 is 2.41 bits per heavy atom. The summed E-state index contributed by atoms with van der Waals surface area (Å²) in [4.78, 5) is 22.6. The minimum Gasteiger partial charge on any atom is -0.481 e. The van der Waals surface area contributed by atoms with Crippen LogP contribution in [0.15, 0.2) is 18.2 Å². The zero-order chi connectivity index (χ0) is 16.9. The van der Waals surface area contributed by atoms with Crippen LogP contribution in [0.5, 0.6) is 0 Å². The Bertz CT molecular complexity index is 670. The first kappa shape index (κ1) is 18.0. The summed E-state index contributed by atoms with van der Waals surface area (Å²) in [5.41, 5.74) is 1.25. The van der Waals surface area contributed by atoms with E-state index in [1.807, 2.05) is 0 Å². The van der Waals surface area contributed by atoms with E-state index < -0.39 is 27.8 Å². The molecule has 1 rings (SSSR count). The van der Waals surface area contributed by atoms with E-state index in [1.165, 1.54) is 6.92 Å². The third-order valence-corrected chi connectivity index (χ3v) is 4.57. The summed E-state index contributed by atoms with van der Waals surface area (Å²) in [5, 5.41) is 11.3. The summed E-state index contributed by atoms with van der Waals surface area (Å²) >= 11 is 0. The van der Waals surface area contributed by atoms with Gasteiger partial charge in [-0.25, -0.2) is 8.42 Å². The largest absolute Gasteiger partial charge is 0.481 e. The van der Waals surface area contributed by atoms with Crippen LogP contribution in [-0.2, 0) is 19.6 Å². The molecule has 122 valence electrons. The number of carbonyl (C=O) groups excluding carboxylic acids is 1. The molecule has 0 aliphatic carbocycles. The molecular weight excluding hydrogens is 308 g/mol. The van der Waals surface area contributed by atoms with Gasteiger partial charge in [0.05, 0.1) is 11.4 Å². The van der Waals surface area contributed by atoms with Gasteiger partial charge in [0.2, 0.25) is 15.9 Å². The lowest BCUT2D eigenvalue weighted by molar-refractivity contribution is -0.144. The number of benzene rings is 1. The van der Waals surface area contributed by atoms with Crippen LogP contribution in [0.4, 0.5) is 11.4 Å². The van der Waals surface area contributed by atoms with Crippen LogP contribution >= 0.6 is 0 Å². The van der Waals surface area contributed by atoms with Gasteiger partial charge < -0.3 is 10.4 Å². The number of carbonyl (C=O) groups is 2. The third kappa shape index (κ3) is 4.73. The van der Waals surface area contributed by atoms with Gasteiger partial charge in [0.1, 0.15) is 5.92 Å². The topological polar surface area (TPSA) is 113 Å². The van der Waals surface area contributed by atoms with E-state index in [9.17, 15) is 18.0 Å². The van der Waals surface area contributed by atoms with Crippen molar-refractivity contribution >= 4 is 33.3 Å². The number of hydrogen-bond acceptors (Lipinski definition) is 4. The van der Waals surface area contributed by atoms with E-state index in [0.717, 1.165) is 0 Å². The van der Waals surface area contributed by atoms with Crippen molar-refractivity contribution in [1.29, 1.82) is 0 Å². The second-order valence-electron chi connectivity index (χ2n) is 4.95. The number of rotatable bonds is 7. The van der Waals surface area contributed by atoms with Crippen molar-refractivity contribution in [2.75, 3.05) is 15.8 Å². The Morgan fingerprint density at radius 1 is 1.27 bits per heavy atom. The molecule has 1 aromatic carbocycles. The molecule has 0 aliphatic rings. The summed E-state index contributed by atoms with van der Waals surface area (Å²) in [5.74, 6) is -3.09. The number of aliphatic carboxylic acids is 1. The van der Waals surface area contributed by atoms with Crippen LogP contribution in [0, 0.1) is 12.8 Å². The predicted octanol–water partition coefficient (Wildman–Crippen LogP) is 1.81. The van der Waals surface area contributed by atoms with E-state index in [2.05, 4.69) is 10.0 Å². The predicted molar refractivity (Wildman–Crippen MR) is 84.3 cm³/mol. The molecule has 0 spiro atoms. The minimum atomic E-state index is -3.44. The maximum Gasteiger partial charge on any atom is 0.315 e. The van der Waals surface area contributed by atoms with Gasteiger partial charge in [0.15, 0.2) is 0 Å². The zero-order valence-corrected chi connectivity index (χ0v) is 13.5. The normalized spacial score (nSPS) is 12.5. The van der Waals surface area contributed by atoms with Crippen molar-refractivity contribution in [3.05, 3.63) is 23.8 Å². The van der Waals surface area contributed by atoms with E-state index >= 15 is 0 Å². The molecule has 0 saturated carbocycles. The monoisotopic (exact) mass is 328 g/mol. The fraction of sp³-hybridized carbons (Fsp3) is 0.429. The molecule has 0 aliphatic heterocycles. The number of anilines is 2. The lowest BCUT2D eigenvalue weighted by atomic mass is 10.1. The number of hydrogen-bond donors (Lipinski definition) is 3. The average Bonchev–Trinajstić information content (AvgIpc) is 2.41. The van der Waals surface area contributed by atoms with Crippen LogP contribution in [-0.4, -0.2) is 31.2 Å². The lowest BCUT2D eigenvalue weighted by Gasteiger charge is -2.15. The van der Waals surface area contributed by atoms with Crippen molar-refractivity contribution in [3.63, 3.8) is 0 Å². The summed E-state index contributed by atoms with van der Waals surface area (Å²) in [6.07, 6.45) is 0.487. The molecule has 1 unspecified atom stereocenters. The Labute approximate surface area is 129 Å². The molecule has 1 aromatic rings. The van der Waals surface area contributed by atoms with Gasteiger partial charge in [-0.3, -0.25) is 14.3 Å². The molecule has 0 bridgehead atoms. The second kappa shape index (κ2) is 7.26. The quantitative estimate of drug-likeness (QED) is 0.661. The lowest BCUT2D eigenvalue weighted by Crippen LogP contribution is -2.27. The highest BCUT2D eigenvalue weighted by Gasteiger charge is 2.21. The SMILES string of the molecule is CCCS(=O)(=O)Nc1cccc(NC(=O)C(C)C(=O)O)c1C. The van der Waals surface area contributed by atoms with Gasteiger partial charge in [-0.1, -0.05) is 13.0 Å². The second-order valence-corrected chi connectivity index (χ2v) is 6.79. The van der Waals surface area contributed by atoms with Crippen LogP contribution < -0.4 is 10.0 Å². The molecular formula is C14H20N2O5S. The maximum absolute atomic E-state index is 11.8. The first-order chi connectivity index (χ1) is 10.2. The van der Waals surface area contributed by atoms with Gasteiger partial charge in [-0.2, -0.15) is 0 Å². The van der Waals surface area contributed by atoms with Crippen LogP contribution in [0.25, 0.3) is 0 Å². The molecule has 3 N–H and O–H groups in total. The number of carboxylic acids is 1. The minimum absolute atomic E-state index is 0.000918. The van der Waals surface area contributed by atoms with Crippen molar-refractivity contribution in [2.45, 2.75) is 27.2 Å². The molecule has 1 amide bonds. The van der Waals surface area contributed by atoms with Crippen LogP contribution in [0.3, 0.4) is 0 Å². The van der Waals surface area contributed by atoms with Crippen LogP contribution in [0.2, 0.25) is 0 Å². The average molecular weight is 328 g/mol. The van der Waals surface area contributed by atoms with E-state index in [4.69, 9.17) is 5.11 Å². The molecule has 0 radical (unpaired) electrons. The maximum atomic E-state index is 11.8. The molecule has 0 saturated heterocycles. The van der Waals surface area contributed by atoms with E-state index in [1.54, 1.807) is 32.0 Å². The van der Waals surface area contributed by atoms with Gasteiger partial charge in [-0.15, -0.1) is 0 Å². The Balaban J connectivity index is 2.99. The Morgan fingerprint density at radius 2 is 1.86 bits per heavy atom. The molecule has 0 fully saturated rings. The fourth-order valence-electron chi connectivity index (χ4n) is 1.72. The van der Waals surface area contributed by atoms with Gasteiger partial charge in [0, 0.05) is 5.69 Å². The van der Waals surface area contributed by atoms with Gasteiger partial charge in [0.25, 0.3) is 0 Å². The highest BCUT2D eigenvalue weighted by atomic mass is 32.2. The van der Waals surface area contributed by atoms with Crippen molar-refractivity contribution < 1.29 is 23.1 Å². The number of sulfonamides is 1. The molecule has 8 heteroatoms. The highest BCUT2D eigenvalue weighted by Crippen LogP contribution is 2.24. The summed E-state index contributed by atoms with van der Waals surface area (Å²) in [6.45, 7) is 4.68. The molecule has 1 atom stereocenters. The molecule has 7 nitrogen and oxygen atoms in total. The van der Waals surface area contributed by atoms with E-state index in [0.29, 0.717) is 23.4 Å². The molecule has 0 aromatic heterocycles. The smallest absolute Gasteiger partial charge is 0.315 e.